The number of pyridine rings is 1. The lowest BCUT2D eigenvalue weighted by molar-refractivity contribution is 0.331. The lowest BCUT2D eigenvalue weighted by atomic mass is 10.4. The molecule has 0 saturated carbocycles. The van der Waals surface area contributed by atoms with E-state index < -0.39 is 0 Å². The van der Waals surface area contributed by atoms with E-state index in [2.05, 4.69) is 20.9 Å². The summed E-state index contributed by atoms with van der Waals surface area (Å²) in [4.78, 5) is 15.8. The van der Waals surface area contributed by atoms with Crippen molar-refractivity contribution in [2.24, 2.45) is 0 Å². The topological polar surface area (TPSA) is 43.6 Å². The van der Waals surface area contributed by atoms with Gasteiger partial charge < -0.3 is 4.74 Å². The summed E-state index contributed by atoms with van der Waals surface area (Å²) in [7, 11) is 0. The number of fused-ring (bicyclic) bond motifs is 1. The zero-order valence-electron chi connectivity index (χ0n) is 7.89. The summed E-state index contributed by atoms with van der Waals surface area (Å²) in [6, 6.07) is 6.77. The first-order chi connectivity index (χ1) is 7.31. The molecule has 0 aliphatic heterocycles. The number of rotatable bonds is 3. The molecule has 0 unspecified atom stereocenters. The van der Waals surface area contributed by atoms with Crippen molar-refractivity contribution in [3.05, 3.63) is 40.8 Å². The van der Waals surface area contributed by atoms with Crippen molar-refractivity contribution in [2.45, 2.75) is 0 Å². The van der Waals surface area contributed by atoms with Gasteiger partial charge in [0.15, 0.2) is 0 Å². The van der Waals surface area contributed by atoms with Gasteiger partial charge in [0.25, 0.3) is 5.56 Å². The van der Waals surface area contributed by atoms with Crippen LogP contribution in [0.5, 0.6) is 5.88 Å². The standard InChI is InChI=1S/C10H9BrN2O2/c11-4-6-15-9-7-10(14)13-5-2-1-3-8(13)12-9/h1-3,5,7H,4,6H2. The van der Waals surface area contributed by atoms with Crippen molar-refractivity contribution < 1.29 is 4.74 Å². The summed E-state index contributed by atoms with van der Waals surface area (Å²) in [5, 5.41) is 0.711. The fourth-order valence-corrected chi connectivity index (χ4v) is 1.41. The fourth-order valence-electron chi connectivity index (χ4n) is 1.25. The first-order valence-corrected chi connectivity index (χ1v) is 5.60. The fraction of sp³-hybridized carbons (Fsp3) is 0.200. The van der Waals surface area contributed by atoms with E-state index in [4.69, 9.17) is 4.74 Å². The molecule has 0 fully saturated rings. The number of alkyl halides is 1. The SMILES string of the molecule is O=c1cc(OCCBr)nc2ccccn12. The molecule has 0 aliphatic rings. The maximum atomic E-state index is 11.6. The van der Waals surface area contributed by atoms with Gasteiger partial charge in [-0.15, -0.1) is 0 Å². The summed E-state index contributed by atoms with van der Waals surface area (Å²) < 4.78 is 6.75. The zero-order chi connectivity index (χ0) is 10.7. The second-order valence-corrected chi connectivity index (χ2v) is 3.69. The lowest BCUT2D eigenvalue weighted by Crippen LogP contribution is -2.14. The van der Waals surface area contributed by atoms with Gasteiger partial charge in [-0.1, -0.05) is 22.0 Å². The first kappa shape index (κ1) is 10.2. The van der Waals surface area contributed by atoms with Crippen LogP contribution in [0.25, 0.3) is 5.65 Å². The number of nitrogens with zero attached hydrogens (tertiary/aromatic N) is 2. The van der Waals surface area contributed by atoms with Gasteiger partial charge in [0.2, 0.25) is 5.88 Å². The van der Waals surface area contributed by atoms with Crippen LogP contribution in [0.1, 0.15) is 0 Å². The normalized spacial score (nSPS) is 10.5. The van der Waals surface area contributed by atoms with Gasteiger partial charge in [-0.25, -0.2) is 0 Å². The van der Waals surface area contributed by atoms with Gasteiger partial charge >= 0.3 is 0 Å². The lowest BCUT2D eigenvalue weighted by Gasteiger charge is -2.04. The summed E-state index contributed by atoms with van der Waals surface area (Å²) in [6.07, 6.45) is 1.68. The van der Waals surface area contributed by atoms with Crippen LogP contribution in [0, 0.1) is 0 Å². The Balaban J connectivity index is 2.48. The van der Waals surface area contributed by atoms with Crippen molar-refractivity contribution in [1.29, 1.82) is 0 Å². The summed E-state index contributed by atoms with van der Waals surface area (Å²) in [5.41, 5.74) is 0.458. The van der Waals surface area contributed by atoms with Gasteiger partial charge in [-0.3, -0.25) is 9.20 Å². The highest BCUT2D eigenvalue weighted by atomic mass is 79.9. The van der Waals surface area contributed by atoms with Crippen molar-refractivity contribution in [3.63, 3.8) is 0 Å². The Bertz CT molecular complexity index is 524. The van der Waals surface area contributed by atoms with Crippen LogP contribution in [0.3, 0.4) is 0 Å². The smallest absolute Gasteiger partial charge is 0.261 e. The monoisotopic (exact) mass is 268 g/mol. The molecule has 2 heterocycles. The van der Waals surface area contributed by atoms with E-state index in [1.165, 1.54) is 10.5 Å². The van der Waals surface area contributed by atoms with E-state index in [0.717, 1.165) is 0 Å². The quantitative estimate of drug-likeness (QED) is 0.792. The van der Waals surface area contributed by atoms with Crippen molar-refractivity contribution >= 4 is 21.6 Å². The molecular weight excluding hydrogens is 260 g/mol. The average molecular weight is 269 g/mol. The van der Waals surface area contributed by atoms with Crippen molar-refractivity contribution in [1.82, 2.24) is 9.38 Å². The second kappa shape index (κ2) is 4.44. The van der Waals surface area contributed by atoms with Gasteiger partial charge in [0.05, 0.1) is 12.7 Å². The van der Waals surface area contributed by atoms with E-state index >= 15 is 0 Å². The zero-order valence-corrected chi connectivity index (χ0v) is 9.48. The molecular formula is C10H9BrN2O2. The predicted octanol–water partition coefficient (Wildman–Crippen LogP) is 1.47. The third-order valence-corrected chi connectivity index (χ3v) is 2.20. The Morgan fingerprint density at radius 1 is 1.47 bits per heavy atom. The van der Waals surface area contributed by atoms with Crippen LogP contribution in [0.2, 0.25) is 0 Å². The molecule has 0 spiro atoms. The largest absolute Gasteiger partial charge is 0.477 e. The van der Waals surface area contributed by atoms with E-state index in [0.29, 0.717) is 23.5 Å². The Labute approximate surface area is 94.7 Å². The van der Waals surface area contributed by atoms with Crippen molar-refractivity contribution in [2.75, 3.05) is 11.9 Å². The second-order valence-electron chi connectivity index (χ2n) is 2.90. The van der Waals surface area contributed by atoms with Crippen LogP contribution in [0.4, 0.5) is 0 Å². The number of halogens is 1. The van der Waals surface area contributed by atoms with E-state index in [1.54, 1.807) is 18.3 Å². The van der Waals surface area contributed by atoms with Crippen LogP contribution in [-0.4, -0.2) is 21.3 Å². The maximum Gasteiger partial charge on any atom is 0.261 e. The molecule has 0 bridgehead atoms. The minimum Gasteiger partial charge on any atom is -0.477 e. The highest BCUT2D eigenvalue weighted by Gasteiger charge is 2.01. The van der Waals surface area contributed by atoms with E-state index in [9.17, 15) is 4.79 Å². The summed E-state index contributed by atoms with van der Waals surface area (Å²) >= 11 is 3.24. The van der Waals surface area contributed by atoms with Gasteiger partial charge in [0.1, 0.15) is 5.65 Å². The number of hydrogen-bond acceptors (Lipinski definition) is 3. The maximum absolute atomic E-state index is 11.6. The number of hydrogen-bond donors (Lipinski definition) is 0. The van der Waals surface area contributed by atoms with Crippen LogP contribution < -0.4 is 10.3 Å². The van der Waals surface area contributed by atoms with Gasteiger partial charge in [-0.2, -0.15) is 4.98 Å². The molecule has 0 atom stereocenters. The Kier molecular flexibility index (Phi) is 3.01. The van der Waals surface area contributed by atoms with Crippen molar-refractivity contribution in [3.8, 4) is 5.88 Å². The Morgan fingerprint density at radius 2 is 2.33 bits per heavy atom. The molecule has 0 aromatic carbocycles. The van der Waals surface area contributed by atoms with Gasteiger partial charge in [0, 0.05) is 11.5 Å². The van der Waals surface area contributed by atoms with Gasteiger partial charge in [-0.05, 0) is 12.1 Å². The predicted molar refractivity (Wildman–Crippen MR) is 60.8 cm³/mol. The molecule has 0 saturated heterocycles. The molecule has 0 N–H and O–H groups in total. The first-order valence-electron chi connectivity index (χ1n) is 4.48. The Hall–Kier alpha value is -1.36. The third kappa shape index (κ3) is 2.18. The minimum atomic E-state index is -0.134. The molecule has 0 aliphatic carbocycles. The van der Waals surface area contributed by atoms with E-state index in [1.807, 2.05) is 6.07 Å². The number of ether oxygens (including phenoxy) is 1. The molecule has 4 nitrogen and oxygen atoms in total. The average Bonchev–Trinajstić information content (AvgIpc) is 2.26. The van der Waals surface area contributed by atoms with Crippen LogP contribution in [-0.2, 0) is 0 Å². The minimum absolute atomic E-state index is 0.134. The molecule has 5 heteroatoms. The highest BCUT2D eigenvalue weighted by Crippen LogP contribution is 2.05. The molecule has 0 radical (unpaired) electrons. The third-order valence-electron chi connectivity index (χ3n) is 1.87. The molecule has 2 aromatic heterocycles. The van der Waals surface area contributed by atoms with E-state index in [-0.39, 0.29) is 5.56 Å². The summed E-state index contributed by atoms with van der Waals surface area (Å²) in [5.74, 6) is 0.366. The summed E-state index contributed by atoms with van der Waals surface area (Å²) in [6.45, 7) is 0.495. The molecule has 15 heavy (non-hydrogen) atoms. The van der Waals surface area contributed by atoms with Crippen LogP contribution in [0.15, 0.2) is 35.3 Å². The molecule has 0 amide bonds. The molecule has 2 aromatic rings. The molecule has 78 valence electrons. The Morgan fingerprint density at radius 3 is 3.13 bits per heavy atom. The number of aromatic nitrogens is 2. The molecule has 2 rings (SSSR count). The highest BCUT2D eigenvalue weighted by molar-refractivity contribution is 9.09. The van der Waals surface area contributed by atoms with Crippen LogP contribution >= 0.6 is 15.9 Å².